The SMILES string of the molecule is COc1ccc(CC2NC(=O)C3CN(C(=O)C4CCNCC4)CCN3C2=O)cc1. The Morgan fingerprint density at radius 1 is 1.14 bits per heavy atom. The van der Waals surface area contributed by atoms with Gasteiger partial charge in [0.25, 0.3) is 0 Å². The number of rotatable bonds is 4. The number of nitrogens with one attached hydrogen (secondary N) is 2. The largest absolute Gasteiger partial charge is 0.497 e. The van der Waals surface area contributed by atoms with Crippen LogP contribution in [-0.2, 0) is 20.8 Å². The molecule has 3 aliphatic rings. The van der Waals surface area contributed by atoms with Crippen molar-refractivity contribution >= 4 is 17.7 Å². The second kappa shape index (κ2) is 8.41. The van der Waals surface area contributed by atoms with E-state index in [1.807, 2.05) is 24.3 Å². The number of fused-ring (bicyclic) bond motifs is 1. The summed E-state index contributed by atoms with van der Waals surface area (Å²) in [5, 5.41) is 6.14. The van der Waals surface area contributed by atoms with Crippen molar-refractivity contribution in [3.8, 4) is 5.75 Å². The zero-order valence-corrected chi connectivity index (χ0v) is 16.7. The number of benzene rings is 1. The van der Waals surface area contributed by atoms with Crippen LogP contribution in [0.3, 0.4) is 0 Å². The van der Waals surface area contributed by atoms with Gasteiger partial charge in [-0.2, -0.15) is 0 Å². The summed E-state index contributed by atoms with van der Waals surface area (Å²) >= 11 is 0. The Morgan fingerprint density at radius 2 is 1.86 bits per heavy atom. The second-order valence-corrected chi connectivity index (χ2v) is 7.97. The zero-order chi connectivity index (χ0) is 20.4. The number of hydrogen-bond donors (Lipinski definition) is 2. The average Bonchev–Trinajstić information content (AvgIpc) is 2.77. The fourth-order valence-electron chi connectivity index (χ4n) is 4.46. The maximum absolute atomic E-state index is 13.0. The van der Waals surface area contributed by atoms with Crippen molar-refractivity contribution in [2.24, 2.45) is 5.92 Å². The van der Waals surface area contributed by atoms with Crippen LogP contribution < -0.4 is 15.4 Å². The number of methoxy groups -OCH3 is 1. The molecule has 4 rings (SSSR count). The standard InChI is InChI=1S/C21H28N4O4/c1-29-16-4-2-14(3-5-16)12-17-21(28)25-11-10-24(13-18(25)19(26)23-17)20(27)15-6-8-22-9-7-15/h2-5,15,17-18,22H,6-13H2,1H3,(H,23,26). The summed E-state index contributed by atoms with van der Waals surface area (Å²) in [6, 6.07) is 6.34. The maximum Gasteiger partial charge on any atom is 0.246 e. The van der Waals surface area contributed by atoms with Gasteiger partial charge in [0, 0.05) is 25.4 Å². The topological polar surface area (TPSA) is 91.0 Å². The van der Waals surface area contributed by atoms with Gasteiger partial charge in [0.1, 0.15) is 17.8 Å². The number of nitrogens with zero attached hydrogens (tertiary/aromatic N) is 2. The van der Waals surface area contributed by atoms with E-state index >= 15 is 0 Å². The van der Waals surface area contributed by atoms with Gasteiger partial charge in [0.2, 0.25) is 17.7 Å². The van der Waals surface area contributed by atoms with Gasteiger partial charge in [-0.3, -0.25) is 14.4 Å². The summed E-state index contributed by atoms with van der Waals surface area (Å²) in [5.41, 5.74) is 0.961. The molecule has 0 bridgehead atoms. The molecule has 1 aromatic carbocycles. The first-order chi connectivity index (χ1) is 14.1. The molecule has 0 radical (unpaired) electrons. The lowest BCUT2D eigenvalue weighted by Crippen LogP contribution is -2.70. The van der Waals surface area contributed by atoms with Crippen LogP contribution in [0.2, 0.25) is 0 Å². The Hall–Kier alpha value is -2.61. The molecule has 156 valence electrons. The number of hydrogen-bond acceptors (Lipinski definition) is 5. The van der Waals surface area contributed by atoms with Crippen LogP contribution in [0.4, 0.5) is 0 Å². The normalized spacial score (nSPS) is 25.4. The molecule has 3 saturated heterocycles. The molecule has 3 amide bonds. The number of carbonyl (C=O) groups is 3. The van der Waals surface area contributed by atoms with Crippen molar-refractivity contribution in [1.29, 1.82) is 0 Å². The van der Waals surface area contributed by atoms with E-state index in [4.69, 9.17) is 4.74 Å². The number of piperazine rings is 2. The minimum atomic E-state index is -0.589. The summed E-state index contributed by atoms with van der Waals surface area (Å²) in [6.07, 6.45) is 2.10. The van der Waals surface area contributed by atoms with Crippen LogP contribution in [0.25, 0.3) is 0 Å². The predicted octanol–water partition coefficient (Wildman–Crippen LogP) is -0.225. The molecule has 29 heavy (non-hydrogen) atoms. The molecular formula is C21H28N4O4. The Morgan fingerprint density at radius 3 is 2.55 bits per heavy atom. The van der Waals surface area contributed by atoms with E-state index in [1.165, 1.54) is 0 Å². The first-order valence-corrected chi connectivity index (χ1v) is 10.3. The Labute approximate surface area is 170 Å². The second-order valence-electron chi connectivity index (χ2n) is 7.97. The van der Waals surface area contributed by atoms with Crippen LogP contribution in [-0.4, -0.2) is 79.4 Å². The van der Waals surface area contributed by atoms with Crippen molar-refractivity contribution in [3.63, 3.8) is 0 Å². The van der Waals surface area contributed by atoms with E-state index in [0.717, 1.165) is 37.2 Å². The number of piperidine rings is 1. The lowest BCUT2D eigenvalue weighted by atomic mass is 9.94. The van der Waals surface area contributed by atoms with E-state index in [0.29, 0.717) is 19.5 Å². The van der Waals surface area contributed by atoms with Crippen molar-refractivity contribution in [3.05, 3.63) is 29.8 Å². The fraction of sp³-hybridized carbons (Fsp3) is 0.571. The monoisotopic (exact) mass is 400 g/mol. The Kier molecular flexibility index (Phi) is 5.71. The highest BCUT2D eigenvalue weighted by Crippen LogP contribution is 2.22. The third-order valence-electron chi connectivity index (χ3n) is 6.18. The molecule has 1 aromatic rings. The summed E-state index contributed by atoms with van der Waals surface area (Å²) in [4.78, 5) is 42.0. The Bertz CT molecular complexity index is 775. The van der Waals surface area contributed by atoms with Crippen molar-refractivity contribution in [2.45, 2.75) is 31.3 Å². The highest BCUT2D eigenvalue weighted by Gasteiger charge is 2.44. The molecule has 3 aliphatic heterocycles. The average molecular weight is 400 g/mol. The van der Waals surface area contributed by atoms with Crippen LogP contribution in [0, 0.1) is 5.92 Å². The summed E-state index contributed by atoms with van der Waals surface area (Å²) in [5.74, 6) is 0.646. The van der Waals surface area contributed by atoms with Crippen molar-refractivity contribution in [1.82, 2.24) is 20.4 Å². The molecule has 3 heterocycles. The minimum absolute atomic E-state index is 0.0213. The number of amides is 3. The van der Waals surface area contributed by atoms with E-state index in [-0.39, 0.29) is 30.2 Å². The summed E-state index contributed by atoms with van der Waals surface area (Å²) < 4.78 is 5.16. The van der Waals surface area contributed by atoms with E-state index < -0.39 is 12.1 Å². The van der Waals surface area contributed by atoms with Gasteiger partial charge in [0.05, 0.1) is 13.7 Å². The van der Waals surface area contributed by atoms with Gasteiger partial charge in [-0.15, -0.1) is 0 Å². The smallest absolute Gasteiger partial charge is 0.246 e. The van der Waals surface area contributed by atoms with Gasteiger partial charge < -0.3 is 25.2 Å². The van der Waals surface area contributed by atoms with Crippen LogP contribution in [0.5, 0.6) is 5.75 Å². The van der Waals surface area contributed by atoms with Crippen molar-refractivity contribution in [2.75, 3.05) is 39.8 Å². The molecule has 2 atom stereocenters. The van der Waals surface area contributed by atoms with Gasteiger partial charge in [0.15, 0.2) is 0 Å². The molecule has 0 aromatic heterocycles. The molecule has 2 N–H and O–H groups in total. The van der Waals surface area contributed by atoms with Crippen LogP contribution in [0.15, 0.2) is 24.3 Å². The zero-order valence-electron chi connectivity index (χ0n) is 16.7. The molecule has 8 nitrogen and oxygen atoms in total. The highest BCUT2D eigenvalue weighted by molar-refractivity contribution is 5.98. The van der Waals surface area contributed by atoms with Gasteiger partial charge >= 0.3 is 0 Å². The molecule has 0 spiro atoms. The lowest BCUT2D eigenvalue weighted by Gasteiger charge is -2.46. The molecule has 3 fully saturated rings. The molecular weight excluding hydrogens is 372 g/mol. The first-order valence-electron chi connectivity index (χ1n) is 10.3. The summed E-state index contributed by atoms with van der Waals surface area (Å²) in [6.45, 7) is 2.90. The van der Waals surface area contributed by atoms with E-state index in [9.17, 15) is 14.4 Å². The van der Waals surface area contributed by atoms with E-state index in [1.54, 1.807) is 16.9 Å². The lowest BCUT2D eigenvalue weighted by molar-refractivity contribution is -0.156. The molecule has 0 aliphatic carbocycles. The van der Waals surface area contributed by atoms with E-state index in [2.05, 4.69) is 10.6 Å². The highest BCUT2D eigenvalue weighted by atomic mass is 16.5. The summed E-state index contributed by atoms with van der Waals surface area (Å²) in [7, 11) is 1.61. The molecule has 8 heteroatoms. The van der Waals surface area contributed by atoms with Gasteiger partial charge in [-0.1, -0.05) is 12.1 Å². The minimum Gasteiger partial charge on any atom is -0.497 e. The fourth-order valence-corrected chi connectivity index (χ4v) is 4.46. The number of ether oxygens (including phenoxy) is 1. The number of carbonyl (C=O) groups excluding carboxylic acids is 3. The first kappa shape index (κ1) is 19.7. The molecule has 0 saturated carbocycles. The predicted molar refractivity (Wildman–Crippen MR) is 106 cm³/mol. The van der Waals surface area contributed by atoms with Crippen molar-refractivity contribution < 1.29 is 19.1 Å². The third-order valence-corrected chi connectivity index (χ3v) is 6.18. The van der Waals surface area contributed by atoms with Gasteiger partial charge in [-0.05, 0) is 43.6 Å². The quantitative estimate of drug-likeness (QED) is 0.729. The maximum atomic E-state index is 13.0. The Balaban J connectivity index is 1.40. The molecule has 2 unspecified atom stereocenters. The van der Waals surface area contributed by atoms with Crippen LogP contribution in [0.1, 0.15) is 18.4 Å². The van der Waals surface area contributed by atoms with Crippen LogP contribution >= 0.6 is 0 Å². The third kappa shape index (κ3) is 4.07. The van der Waals surface area contributed by atoms with Gasteiger partial charge in [-0.25, -0.2) is 0 Å².